The minimum Gasteiger partial charge on any atom is -0.354 e. The fraction of sp³-hybridized carbons (Fsp3) is 0.692. The fourth-order valence-electron chi connectivity index (χ4n) is 5.09. The summed E-state index contributed by atoms with van der Waals surface area (Å²) in [4.78, 5) is 19.6. The number of carbonyl (C=O) groups is 1. The van der Waals surface area contributed by atoms with E-state index in [-0.39, 0.29) is 35.8 Å². The van der Waals surface area contributed by atoms with Gasteiger partial charge in [-0.2, -0.15) is 0 Å². The Hall–Kier alpha value is -1.35. The lowest BCUT2D eigenvalue weighted by atomic mass is 9.85. The van der Waals surface area contributed by atoms with E-state index in [1.807, 2.05) is 7.05 Å². The molecule has 4 rings (SSSR count). The van der Waals surface area contributed by atoms with E-state index in [1.165, 1.54) is 49.9 Å². The molecule has 2 aliphatic carbocycles. The van der Waals surface area contributed by atoms with Gasteiger partial charge >= 0.3 is 0 Å². The van der Waals surface area contributed by atoms with Gasteiger partial charge in [0.1, 0.15) is 0 Å². The van der Waals surface area contributed by atoms with E-state index in [1.54, 1.807) is 0 Å². The average molecular weight is 568 g/mol. The van der Waals surface area contributed by atoms with Crippen molar-refractivity contribution in [2.75, 3.05) is 20.1 Å². The molecule has 6 nitrogen and oxygen atoms in total. The van der Waals surface area contributed by atoms with Crippen molar-refractivity contribution in [2.24, 2.45) is 10.9 Å². The van der Waals surface area contributed by atoms with Crippen molar-refractivity contribution in [3.63, 3.8) is 0 Å². The summed E-state index contributed by atoms with van der Waals surface area (Å²) in [5.41, 5.74) is 2.75. The minimum atomic E-state index is 0. The molecular formula is C26H42IN5O. The van der Waals surface area contributed by atoms with E-state index in [9.17, 15) is 4.79 Å². The van der Waals surface area contributed by atoms with Crippen molar-refractivity contribution in [1.29, 1.82) is 0 Å². The summed E-state index contributed by atoms with van der Waals surface area (Å²) < 4.78 is 0. The third-order valence-electron chi connectivity index (χ3n) is 7.19. The van der Waals surface area contributed by atoms with Gasteiger partial charge in [0.15, 0.2) is 5.96 Å². The summed E-state index contributed by atoms with van der Waals surface area (Å²) >= 11 is 0. The molecule has 184 valence electrons. The van der Waals surface area contributed by atoms with Crippen LogP contribution in [-0.4, -0.2) is 49.0 Å². The number of rotatable bonds is 7. The molecule has 1 amide bonds. The summed E-state index contributed by atoms with van der Waals surface area (Å²) in [5, 5.41) is 10.3. The van der Waals surface area contributed by atoms with Gasteiger partial charge in [-0.1, -0.05) is 43.5 Å². The van der Waals surface area contributed by atoms with Crippen molar-refractivity contribution < 1.29 is 4.79 Å². The van der Waals surface area contributed by atoms with Crippen molar-refractivity contribution in [3.05, 3.63) is 35.4 Å². The first-order valence-electron chi connectivity index (χ1n) is 12.8. The number of nitrogens with zero attached hydrogens (tertiary/aromatic N) is 2. The molecular weight excluding hydrogens is 525 g/mol. The zero-order chi connectivity index (χ0) is 22.2. The molecule has 3 N–H and O–H groups in total. The number of likely N-dealkylation sites (tertiary alicyclic amines) is 1. The molecule has 1 aromatic carbocycles. The van der Waals surface area contributed by atoms with Gasteiger partial charge in [0.05, 0.1) is 0 Å². The Kier molecular flexibility index (Phi) is 10.8. The number of benzene rings is 1. The van der Waals surface area contributed by atoms with Crippen LogP contribution in [0.3, 0.4) is 0 Å². The SMILES string of the molecule is CN=C(NCc1ccccc1CN1CCCCCC1)NC1CCCC(C(=O)NC2CC2)C1.I. The first-order chi connectivity index (χ1) is 15.7. The summed E-state index contributed by atoms with van der Waals surface area (Å²) in [5.74, 6) is 1.22. The number of guanidine groups is 1. The van der Waals surface area contributed by atoms with Crippen molar-refractivity contribution in [3.8, 4) is 0 Å². The number of halogens is 1. The lowest BCUT2D eigenvalue weighted by Crippen LogP contribution is -2.47. The van der Waals surface area contributed by atoms with E-state index in [0.29, 0.717) is 12.1 Å². The number of nitrogens with one attached hydrogen (secondary N) is 3. The highest BCUT2D eigenvalue weighted by Gasteiger charge is 2.31. The van der Waals surface area contributed by atoms with Gasteiger partial charge in [-0.05, 0) is 69.2 Å². The molecule has 1 aliphatic heterocycles. The Balaban J connectivity index is 0.00000306. The summed E-state index contributed by atoms with van der Waals surface area (Å²) in [6, 6.07) is 9.52. The van der Waals surface area contributed by atoms with Crippen LogP contribution in [0.15, 0.2) is 29.3 Å². The van der Waals surface area contributed by atoms with Gasteiger partial charge in [0.2, 0.25) is 5.91 Å². The largest absolute Gasteiger partial charge is 0.354 e. The van der Waals surface area contributed by atoms with E-state index < -0.39 is 0 Å². The molecule has 0 aromatic heterocycles. The number of hydrogen-bond donors (Lipinski definition) is 3. The Morgan fingerprint density at radius 3 is 2.36 bits per heavy atom. The molecule has 1 heterocycles. The van der Waals surface area contributed by atoms with E-state index in [2.05, 4.69) is 50.1 Å². The molecule has 2 unspecified atom stereocenters. The average Bonchev–Trinajstić information content (AvgIpc) is 3.65. The molecule has 1 aromatic rings. The second-order valence-electron chi connectivity index (χ2n) is 9.87. The quantitative estimate of drug-likeness (QED) is 0.263. The van der Waals surface area contributed by atoms with Gasteiger partial charge in [0.25, 0.3) is 0 Å². The summed E-state index contributed by atoms with van der Waals surface area (Å²) in [6.07, 6.45) is 11.8. The second-order valence-corrected chi connectivity index (χ2v) is 9.87. The predicted octanol–water partition coefficient (Wildman–Crippen LogP) is 4.18. The molecule has 3 aliphatic rings. The Morgan fingerprint density at radius 1 is 0.939 bits per heavy atom. The minimum absolute atomic E-state index is 0. The molecule has 2 atom stereocenters. The second kappa shape index (κ2) is 13.5. The van der Waals surface area contributed by atoms with Crippen LogP contribution >= 0.6 is 24.0 Å². The van der Waals surface area contributed by atoms with Crippen molar-refractivity contribution in [1.82, 2.24) is 20.9 Å². The molecule has 33 heavy (non-hydrogen) atoms. The fourth-order valence-corrected chi connectivity index (χ4v) is 5.09. The molecule has 0 spiro atoms. The number of carbonyl (C=O) groups excluding carboxylic acids is 1. The standard InChI is InChI=1S/C26H41N5O.HI/c1-27-26(30-24-12-8-11-20(17-24)25(32)29-23-13-14-23)28-18-21-9-4-5-10-22(21)19-31-15-6-2-3-7-16-31;/h4-5,9-10,20,23-24H,2-3,6-8,11-19H2,1H3,(H,29,32)(H2,27,28,30);1H. The van der Waals surface area contributed by atoms with Gasteiger partial charge in [0, 0.05) is 38.1 Å². The normalized spacial score (nSPS) is 24.3. The zero-order valence-electron chi connectivity index (χ0n) is 20.2. The van der Waals surface area contributed by atoms with Gasteiger partial charge in [-0.25, -0.2) is 0 Å². The molecule has 1 saturated heterocycles. The van der Waals surface area contributed by atoms with Crippen LogP contribution in [-0.2, 0) is 17.9 Å². The van der Waals surface area contributed by atoms with Crippen molar-refractivity contribution >= 4 is 35.8 Å². The maximum absolute atomic E-state index is 12.5. The first kappa shape index (κ1) is 26.3. The van der Waals surface area contributed by atoms with Crippen LogP contribution in [0.5, 0.6) is 0 Å². The Morgan fingerprint density at radius 2 is 1.67 bits per heavy atom. The monoisotopic (exact) mass is 567 g/mol. The highest BCUT2D eigenvalue weighted by atomic mass is 127. The Bertz CT molecular complexity index is 774. The maximum atomic E-state index is 12.5. The van der Waals surface area contributed by atoms with Crippen LogP contribution in [0.4, 0.5) is 0 Å². The van der Waals surface area contributed by atoms with Crippen molar-refractivity contribution in [2.45, 2.75) is 89.4 Å². The third-order valence-corrected chi connectivity index (χ3v) is 7.19. The topological polar surface area (TPSA) is 68.8 Å². The maximum Gasteiger partial charge on any atom is 0.223 e. The Labute approximate surface area is 216 Å². The van der Waals surface area contributed by atoms with Crippen LogP contribution in [0.25, 0.3) is 0 Å². The molecule has 3 fully saturated rings. The smallest absolute Gasteiger partial charge is 0.223 e. The van der Waals surface area contributed by atoms with E-state index in [0.717, 1.165) is 57.6 Å². The van der Waals surface area contributed by atoms with Gasteiger partial charge in [-0.3, -0.25) is 14.7 Å². The molecule has 0 radical (unpaired) electrons. The van der Waals surface area contributed by atoms with E-state index >= 15 is 0 Å². The van der Waals surface area contributed by atoms with E-state index in [4.69, 9.17) is 0 Å². The number of aliphatic imine (C=N–C) groups is 1. The van der Waals surface area contributed by atoms with Crippen LogP contribution in [0.1, 0.15) is 75.3 Å². The van der Waals surface area contributed by atoms with Gasteiger partial charge in [-0.15, -0.1) is 24.0 Å². The summed E-state index contributed by atoms with van der Waals surface area (Å²) in [6.45, 7) is 4.22. The van der Waals surface area contributed by atoms with Crippen LogP contribution < -0.4 is 16.0 Å². The lowest BCUT2D eigenvalue weighted by Gasteiger charge is -2.30. The third kappa shape index (κ3) is 8.42. The first-order valence-corrected chi connectivity index (χ1v) is 12.8. The molecule has 7 heteroatoms. The highest BCUT2D eigenvalue weighted by molar-refractivity contribution is 14.0. The predicted molar refractivity (Wildman–Crippen MR) is 146 cm³/mol. The van der Waals surface area contributed by atoms with Crippen LogP contribution in [0.2, 0.25) is 0 Å². The zero-order valence-corrected chi connectivity index (χ0v) is 22.5. The molecule has 2 saturated carbocycles. The van der Waals surface area contributed by atoms with Crippen LogP contribution in [0, 0.1) is 5.92 Å². The lowest BCUT2D eigenvalue weighted by molar-refractivity contribution is -0.126. The highest BCUT2D eigenvalue weighted by Crippen LogP contribution is 2.27. The van der Waals surface area contributed by atoms with Gasteiger partial charge < -0.3 is 16.0 Å². The number of hydrogen-bond acceptors (Lipinski definition) is 3. The molecule has 0 bridgehead atoms. The summed E-state index contributed by atoms with van der Waals surface area (Å²) in [7, 11) is 1.83. The number of amides is 1.